The third-order valence-electron chi connectivity index (χ3n) is 6.99. The van der Waals surface area contributed by atoms with Crippen molar-refractivity contribution in [2.45, 2.75) is 57.5 Å². The molecule has 0 aliphatic carbocycles. The first-order valence-electron chi connectivity index (χ1n) is 13.0. The monoisotopic (exact) mass is 540 g/mol. The van der Waals surface area contributed by atoms with E-state index in [0.717, 1.165) is 39.4 Å². The van der Waals surface area contributed by atoms with Gasteiger partial charge < -0.3 is 26.1 Å². The number of carbonyl (C=O) groups is 3. The van der Waals surface area contributed by atoms with E-state index in [1.165, 1.54) is 7.11 Å². The van der Waals surface area contributed by atoms with Crippen LogP contribution < -0.4 is 16.4 Å². The highest BCUT2D eigenvalue weighted by Gasteiger charge is 2.28. The SMILES string of the molecule is COC(=O)[C@@H]1CC=CCc2ccc3[nH]c4ccc(cc4c3c2)CC(C)C(=O)N[C@H](CCCCN)C(=O)N1.Cl. The van der Waals surface area contributed by atoms with E-state index < -0.39 is 24.0 Å². The number of carbonyl (C=O) groups excluding carboxylic acids is 3. The summed E-state index contributed by atoms with van der Waals surface area (Å²) in [5.74, 6) is -1.47. The van der Waals surface area contributed by atoms with E-state index in [9.17, 15) is 14.4 Å². The molecule has 3 aromatic rings. The standard InChI is InChI=1S/C29H36N4O4.ClH/c1-18-15-20-11-13-24-22(17-20)21-16-19(10-12-23(21)31-24)7-3-4-9-26(29(36)37-2)33-28(35)25(32-27(18)34)8-5-6-14-30;/h3-4,10-13,16-18,25-26,31H,5-9,14-15,30H2,1-2H3,(H,32,34)(H,33,35);1H/t18?,25-,26+;/m1./s1. The second-order valence-electron chi connectivity index (χ2n) is 9.83. The molecule has 5 N–H and O–H groups in total. The Labute approximate surface area is 229 Å². The van der Waals surface area contributed by atoms with Gasteiger partial charge >= 0.3 is 5.97 Å². The van der Waals surface area contributed by atoms with E-state index in [0.29, 0.717) is 32.2 Å². The Bertz CT molecular complexity index is 1320. The van der Waals surface area contributed by atoms with Gasteiger partial charge in [0.15, 0.2) is 0 Å². The van der Waals surface area contributed by atoms with Crippen LogP contribution in [-0.4, -0.2) is 48.5 Å². The van der Waals surface area contributed by atoms with E-state index in [1.54, 1.807) is 0 Å². The lowest BCUT2D eigenvalue weighted by Gasteiger charge is -2.23. The lowest BCUT2D eigenvalue weighted by atomic mass is 9.97. The first kappa shape index (κ1) is 29.2. The van der Waals surface area contributed by atoms with Crippen molar-refractivity contribution in [1.82, 2.24) is 15.6 Å². The molecule has 1 aliphatic rings. The molecule has 38 heavy (non-hydrogen) atoms. The maximum atomic E-state index is 13.2. The number of unbranched alkanes of at least 4 members (excludes halogenated alkanes) is 1. The van der Waals surface area contributed by atoms with E-state index in [2.05, 4.69) is 45.9 Å². The Morgan fingerprint density at radius 1 is 0.974 bits per heavy atom. The summed E-state index contributed by atoms with van der Waals surface area (Å²) in [5, 5.41) is 7.97. The number of nitrogens with one attached hydrogen (secondary N) is 3. The molecule has 2 aromatic carbocycles. The molecule has 0 saturated heterocycles. The number of aromatic nitrogens is 1. The molecule has 0 spiro atoms. The van der Waals surface area contributed by atoms with Crippen molar-refractivity contribution in [3.05, 3.63) is 59.7 Å². The highest BCUT2D eigenvalue weighted by Crippen LogP contribution is 2.28. The molecular weight excluding hydrogens is 504 g/mol. The number of amides is 2. The molecule has 1 aliphatic heterocycles. The molecule has 0 fully saturated rings. The third kappa shape index (κ3) is 6.94. The molecule has 0 saturated carbocycles. The minimum absolute atomic E-state index is 0. The van der Waals surface area contributed by atoms with Gasteiger partial charge in [-0.1, -0.05) is 31.2 Å². The molecule has 1 aromatic heterocycles. The number of benzene rings is 2. The summed E-state index contributed by atoms with van der Waals surface area (Å²) in [6, 6.07) is 11.0. The van der Waals surface area contributed by atoms with Crippen molar-refractivity contribution in [1.29, 1.82) is 0 Å². The van der Waals surface area contributed by atoms with E-state index >= 15 is 0 Å². The smallest absolute Gasteiger partial charge is 0.328 e. The van der Waals surface area contributed by atoms with Gasteiger partial charge in [0.1, 0.15) is 12.1 Å². The largest absolute Gasteiger partial charge is 0.467 e. The Morgan fingerprint density at radius 2 is 1.66 bits per heavy atom. The molecule has 2 amide bonds. The number of halogens is 1. The topological polar surface area (TPSA) is 126 Å². The van der Waals surface area contributed by atoms with Crippen molar-refractivity contribution < 1.29 is 19.1 Å². The fourth-order valence-electron chi connectivity index (χ4n) is 4.85. The highest BCUT2D eigenvalue weighted by molar-refractivity contribution is 6.07. The summed E-state index contributed by atoms with van der Waals surface area (Å²) in [4.78, 5) is 42.2. The van der Waals surface area contributed by atoms with Crippen molar-refractivity contribution >= 4 is 52.0 Å². The van der Waals surface area contributed by atoms with Crippen molar-refractivity contribution in [2.24, 2.45) is 11.7 Å². The summed E-state index contributed by atoms with van der Waals surface area (Å²) in [7, 11) is 1.30. The van der Waals surface area contributed by atoms with E-state index in [-0.39, 0.29) is 30.7 Å². The zero-order valence-corrected chi connectivity index (χ0v) is 22.7. The molecule has 3 atom stereocenters. The predicted molar refractivity (Wildman–Crippen MR) is 152 cm³/mol. The van der Waals surface area contributed by atoms with Gasteiger partial charge in [0.05, 0.1) is 7.11 Å². The van der Waals surface area contributed by atoms with Crippen LogP contribution in [0.3, 0.4) is 0 Å². The number of methoxy groups -OCH3 is 1. The first-order valence-corrected chi connectivity index (χ1v) is 13.0. The molecule has 1 unspecified atom stereocenters. The van der Waals surface area contributed by atoms with Gasteiger partial charge in [0.25, 0.3) is 0 Å². The average Bonchev–Trinajstić information content (AvgIpc) is 3.26. The number of hydrogen-bond acceptors (Lipinski definition) is 5. The first-order chi connectivity index (χ1) is 17.9. The average molecular weight is 541 g/mol. The van der Waals surface area contributed by atoms with Crippen LogP contribution in [0.4, 0.5) is 0 Å². The van der Waals surface area contributed by atoms with Crippen LogP contribution >= 0.6 is 12.4 Å². The Hall–Kier alpha value is -3.36. The number of fused-ring (bicyclic) bond motifs is 2. The molecule has 204 valence electrons. The molecule has 0 radical (unpaired) electrons. The molecule has 4 rings (SSSR count). The molecule has 4 bridgehead atoms. The number of nitrogens with two attached hydrogens (primary N) is 1. The van der Waals surface area contributed by atoms with Crippen LogP contribution in [0.15, 0.2) is 48.6 Å². The normalized spacial score (nSPS) is 20.7. The fraction of sp³-hybridized carbons (Fsp3) is 0.414. The van der Waals surface area contributed by atoms with Gasteiger partial charge in [0.2, 0.25) is 11.8 Å². The van der Waals surface area contributed by atoms with Gasteiger partial charge in [-0.3, -0.25) is 9.59 Å². The van der Waals surface area contributed by atoms with E-state index in [1.807, 2.05) is 25.1 Å². The number of hydrogen-bond donors (Lipinski definition) is 4. The predicted octanol–water partition coefficient (Wildman–Crippen LogP) is 3.70. The van der Waals surface area contributed by atoms with Gasteiger partial charge in [-0.25, -0.2) is 4.79 Å². The summed E-state index contributed by atoms with van der Waals surface area (Å²) in [6.45, 7) is 2.37. The van der Waals surface area contributed by atoms with Crippen molar-refractivity contribution in [3.8, 4) is 0 Å². The number of allylic oxidation sites excluding steroid dienone is 1. The Morgan fingerprint density at radius 3 is 2.34 bits per heavy atom. The minimum Gasteiger partial charge on any atom is -0.467 e. The Kier molecular flexibility index (Phi) is 10.3. The quantitative estimate of drug-likeness (QED) is 0.223. The van der Waals surface area contributed by atoms with Crippen molar-refractivity contribution in [2.75, 3.05) is 13.7 Å². The Balaban J connectivity index is 0.00000400. The maximum Gasteiger partial charge on any atom is 0.328 e. The highest BCUT2D eigenvalue weighted by atomic mass is 35.5. The third-order valence-corrected chi connectivity index (χ3v) is 6.99. The van der Waals surface area contributed by atoms with Gasteiger partial charge in [-0.2, -0.15) is 0 Å². The minimum atomic E-state index is -0.842. The second-order valence-corrected chi connectivity index (χ2v) is 9.83. The number of H-pyrrole nitrogens is 1. The van der Waals surface area contributed by atoms with Crippen LogP contribution in [0.1, 0.15) is 43.7 Å². The van der Waals surface area contributed by atoms with Crippen LogP contribution in [0.2, 0.25) is 0 Å². The van der Waals surface area contributed by atoms with Gasteiger partial charge in [0, 0.05) is 27.7 Å². The summed E-state index contributed by atoms with van der Waals surface area (Å²) in [6.07, 6.45) is 7.26. The zero-order chi connectivity index (χ0) is 26.4. The fourth-order valence-corrected chi connectivity index (χ4v) is 4.85. The zero-order valence-electron chi connectivity index (χ0n) is 21.9. The van der Waals surface area contributed by atoms with Gasteiger partial charge in [-0.05, 0) is 80.5 Å². The summed E-state index contributed by atoms with van der Waals surface area (Å²) >= 11 is 0. The van der Waals surface area contributed by atoms with Crippen LogP contribution in [0.25, 0.3) is 21.8 Å². The number of aromatic amines is 1. The molecular formula is C29H37ClN4O4. The van der Waals surface area contributed by atoms with Crippen LogP contribution in [0, 0.1) is 5.92 Å². The summed E-state index contributed by atoms with van der Waals surface area (Å²) in [5.41, 5.74) is 9.95. The maximum absolute atomic E-state index is 13.2. The molecule has 9 heteroatoms. The van der Waals surface area contributed by atoms with Gasteiger partial charge in [-0.15, -0.1) is 12.4 Å². The number of rotatable bonds is 5. The van der Waals surface area contributed by atoms with E-state index in [4.69, 9.17) is 10.5 Å². The molecule has 8 nitrogen and oxygen atoms in total. The lowest BCUT2D eigenvalue weighted by molar-refractivity contribution is -0.145. The lowest BCUT2D eigenvalue weighted by Crippen LogP contribution is -2.52. The number of esters is 1. The second kappa shape index (κ2) is 13.4. The number of ether oxygens (including phenoxy) is 1. The summed E-state index contributed by atoms with van der Waals surface area (Å²) < 4.78 is 4.93. The van der Waals surface area contributed by atoms with Crippen molar-refractivity contribution in [3.63, 3.8) is 0 Å². The van der Waals surface area contributed by atoms with Crippen LogP contribution in [-0.2, 0) is 32.0 Å². The molecule has 2 heterocycles. The van der Waals surface area contributed by atoms with Crippen LogP contribution in [0.5, 0.6) is 0 Å².